The molecule has 1 unspecified atom stereocenters. The number of amides is 1. The van der Waals surface area contributed by atoms with E-state index in [1.165, 1.54) is 18.6 Å². The minimum Gasteiger partial charge on any atom is -0.744 e. The number of carbonyl (C=O) groups excluding carboxylic acids is 1. The molecule has 2 heterocycles. The molecule has 6 rings (SSSR count). The largest absolute Gasteiger partial charge is 0.744 e. The summed E-state index contributed by atoms with van der Waals surface area (Å²) in [5.41, 5.74) is 5.30. The summed E-state index contributed by atoms with van der Waals surface area (Å²) < 4.78 is 32.2. The third-order valence-electron chi connectivity index (χ3n) is 7.34. The van der Waals surface area contributed by atoms with Crippen molar-refractivity contribution in [2.75, 3.05) is 18.1 Å². The van der Waals surface area contributed by atoms with Crippen LogP contribution in [0, 0.1) is 0 Å². The van der Waals surface area contributed by atoms with Crippen LogP contribution in [-0.4, -0.2) is 37.7 Å². The Labute approximate surface area is 265 Å². The number of benzene rings is 4. The van der Waals surface area contributed by atoms with Gasteiger partial charge in [0.15, 0.2) is 0 Å². The number of hydrogen-bond acceptors (Lipinski definition) is 6. The number of anilines is 1. The zero-order valence-electron chi connectivity index (χ0n) is 23.0. The molecule has 43 heavy (non-hydrogen) atoms. The Bertz CT molecular complexity index is 1760. The summed E-state index contributed by atoms with van der Waals surface area (Å²) in [6, 6.07) is 24.3. The fourth-order valence-corrected chi connectivity index (χ4v) is 6.27. The van der Waals surface area contributed by atoms with Gasteiger partial charge in [-0.05, 0) is 78.1 Å². The number of hydrogen-bond donors (Lipinski definition) is 2. The monoisotopic (exact) mass is 658 g/mol. The topological polar surface area (TPSA) is 106 Å². The van der Waals surface area contributed by atoms with Crippen molar-refractivity contribution in [3.8, 4) is 0 Å². The van der Waals surface area contributed by atoms with Crippen molar-refractivity contribution >= 4 is 73.0 Å². The van der Waals surface area contributed by atoms with Gasteiger partial charge in [0.1, 0.15) is 15.8 Å². The lowest BCUT2D eigenvalue weighted by molar-refractivity contribution is -0.940. The Morgan fingerprint density at radius 3 is 2.21 bits per heavy atom. The summed E-state index contributed by atoms with van der Waals surface area (Å²) in [7, 11) is -4.34. The molecule has 0 aliphatic carbocycles. The van der Waals surface area contributed by atoms with E-state index in [0.717, 1.165) is 47.3 Å². The highest BCUT2D eigenvalue weighted by Crippen LogP contribution is 2.39. The number of rotatable bonds is 5. The predicted octanol–water partition coefficient (Wildman–Crippen LogP) is 5.80. The molecule has 1 saturated heterocycles. The molecular formula is C31H29Cl3N4O4S. The number of nitrogens with one attached hydrogen (secondary N) is 2. The van der Waals surface area contributed by atoms with Gasteiger partial charge in [-0.15, -0.1) is 0 Å². The lowest BCUT2D eigenvalue weighted by Crippen LogP contribution is -3.20. The van der Waals surface area contributed by atoms with Crippen molar-refractivity contribution < 1.29 is 22.8 Å². The second-order valence-electron chi connectivity index (χ2n) is 10.3. The molecule has 8 nitrogen and oxygen atoms in total. The molecule has 1 atom stereocenters. The second kappa shape index (κ2) is 13.6. The van der Waals surface area contributed by atoms with Crippen LogP contribution in [0.3, 0.4) is 0 Å². The number of quaternary nitrogens is 1. The van der Waals surface area contributed by atoms with Gasteiger partial charge in [-0.3, -0.25) is 9.80 Å². The van der Waals surface area contributed by atoms with Crippen molar-refractivity contribution in [3.05, 3.63) is 106 Å². The van der Waals surface area contributed by atoms with Gasteiger partial charge in [-0.1, -0.05) is 77.3 Å². The Balaban J connectivity index is 0.000000220. The summed E-state index contributed by atoms with van der Waals surface area (Å²) in [4.78, 5) is 12.7. The summed E-state index contributed by atoms with van der Waals surface area (Å²) >= 11 is 18.6. The maximum absolute atomic E-state index is 12.9. The highest BCUT2D eigenvalue weighted by atomic mass is 35.5. The molecule has 2 N–H and O–H groups in total. The summed E-state index contributed by atoms with van der Waals surface area (Å²) in [6.07, 6.45) is 3.96. The first-order chi connectivity index (χ1) is 20.6. The highest BCUT2D eigenvalue weighted by molar-refractivity contribution is 7.85. The second-order valence-corrected chi connectivity index (χ2v) is 13.0. The molecule has 0 aromatic heterocycles. The molecule has 224 valence electrons. The predicted molar refractivity (Wildman–Crippen MR) is 170 cm³/mol. The normalized spacial score (nSPS) is 17.3. The molecule has 0 bridgehead atoms. The standard InChI is InChI=1S/C21H21Cl3N4O.C10H8O3S/c22-15-6-4-14(5-7-15)20-13-18(21(29)26-27-10-2-1-3-11-27)25-28(20)19-9-8-16(23)12-17(19)24;11-14(12,13)10-6-5-8-3-1-2-4-9(8)7-10/h4-9,12,20H,1-3,10-11,13H2,(H,26,29);1-7H,(H,11,12,13). The van der Waals surface area contributed by atoms with E-state index in [2.05, 4.69) is 10.5 Å². The smallest absolute Gasteiger partial charge is 0.312 e. The van der Waals surface area contributed by atoms with Gasteiger partial charge in [0.25, 0.3) is 0 Å². The molecule has 2 aliphatic heterocycles. The van der Waals surface area contributed by atoms with Crippen LogP contribution in [0.4, 0.5) is 5.69 Å². The number of fused-ring (bicyclic) bond motifs is 1. The maximum atomic E-state index is 12.9. The Morgan fingerprint density at radius 1 is 0.860 bits per heavy atom. The first kappa shape index (κ1) is 31.3. The van der Waals surface area contributed by atoms with Gasteiger partial charge in [0.05, 0.1) is 34.7 Å². The molecule has 12 heteroatoms. The van der Waals surface area contributed by atoms with Crippen molar-refractivity contribution in [3.63, 3.8) is 0 Å². The quantitative estimate of drug-likeness (QED) is 0.264. The van der Waals surface area contributed by atoms with Gasteiger partial charge in [0.2, 0.25) is 0 Å². The molecule has 1 fully saturated rings. The minimum atomic E-state index is -4.34. The molecular weight excluding hydrogens is 631 g/mol. The molecule has 0 saturated carbocycles. The SMILES string of the molecule is O=C(N[NH+]1CCCCC1)C1=NN(c2ccc(Cl)cc2Cl)C(c2ccc(Cl)cc2)C1.O=S(=O)([O-])c1ccc2ccccc2c1. The number of halogens is 3. The van der Waals surface area contributed by atoms with Crippen LogP contribution < -0.4 is 15.4 Å². The maximum Gasteiger partial charge on any atom is 0.312 e. The van der Waals surface area contributed by atoms with Crippen LogP contribution in [-0.2, 0) is 14.9 Å². The lowest BCUT2D eigenvalue weighted by atomic mass is 10.0. The van der Waals surface area contributed by atoms with Gasteiger partial charge < -0.3 is 4.55 Å². The van der Waals surface area contributed by atoms with Crippen LogP contribution in [0.5, 0.6) is 0 Å². The highest BCUT2D eigenvalue weighted by Gasteiger charge is 2.34. The summed E-state index contributed by atoms with van der Waals surface area (Å²) in [5.74, 6) is -0.131. The van der Waals surface area contributed by atoms with E-state index in [9.17, 15) is 17.8 Å². The number of carbonyl (C=O) groups is 1. The van der Waals surface area contributed by atoms with Crippen LogP contribution >= 0.6 is 34.8 Å². The average Bonchev–Trinajstić information content (AvgIpc) is 3.43. The summed E-state index contributed by atoms with van der Waals surface area (Å²) in [5, 5.41) is 10.9. The van der Waals surface area contributed by atoms with Crippen LogP contribution in [0.1, 0.15) is 37.3 Å². The summed E-state index contributed by atoms with van der Waals surface area (Å²) in [6.45, 7) is 1.90. The van der Waals surface area contributed by atoms with E-state index < -0.39 is 10.1 Å². The van der Waals surface area contributed by atoms with Gasteiger partial charge >= 0.3 is 5.91 Å². The van der Waals surface area contributed by atoms with E-state index in [1.807, 2.05) is 47.5 Å². The Morgan fingerprint density at radius 2 is 1.53 bits per heavy atom. The number of piperidine rings is 1. The lowest BCUT2D eigenvalue weighted by Gasteiger charge is -2.25. The van der Waals surface area contributed by atoms with Crippen molar-refractivity contribution in [2.45, 2.75) is 36.6 Å². The number of hydrazone groups is 1. The number of nitrogens with zero attached hydrogens (tertiary/aromatic N) is 2. The molecule has 4 aromatic rings. The molecule has 4 aromatic carbocycles. The minimum absolute atomic E-state index is 0.131. The van der Waals surface area contributed by atoms with Gasteiger partial charge in [0, 0.05) is 16.5 Å². The van der Waals surface area contributed by atoms with Crippen molar-refractivity contribution in [2.24, 2.45) is 5.10 Å². The fraction of sp³-hybridized carbons (Fsp3) is 0.226. The van der Waals surface area contributed by atoms with Crippen LogP contribution in [0.15, 0.2) is 94.9 Å². The van der Waals surface area contributed by atoms with Crippen LogP contribution in [0.25, 0.3) is 10.8 Å². The van der Waals surface area contributed by atoms with E-state index in [1.54, 1.807) is 30.3 Å². The third kappa shape index (κ3) is 7.86. The van der Waals surface area contributed by atoms with Crippen molar-refractivity contribution in [1.82, 2.24) is 5.43 Å². The zero-order valence-corrected chi connectivity index (χ0v) is 26.1. The Kier molecular flexibility index (Phi) is 9.91. The van der Waals surface area contributed by atoms with E-state index in [-0.39, 0.29) is 16.8 Å². The Hall–Kier alpha value is -3.18. The van der Waals surface area contributed by atoms with Gasteiger partial charge in [-0.2, -0.15) is 10.5 Å². The molecule has 1 amide bonds. The first-order valence-electron chi connectivity index (χ1n) is 13.8. The van der Waals surface area contributed by atoms with E-state index >= 15 is 0 Å². The van der Waals surface area contributed by atoms with Gasteiger partial charge in [-0.25, -0.2) is 13.4 Å². The van der Waals surface area contributed by atoms with E-state index in [4.69, 9.17) is 34.8 Å². The fourth-order valence-electron chi connectivity index (χ4n) is 5.14. The zero-order chi connectivity index (χ0) is 30.6. The average molecular weight is 660 g/mol. The molecule has 2 aliphatic rings. The molecule has 0 spiro atoms. The van der Waals surface area contributed by atoms with Crippen LogP contribution in [0.2, 0.25) is 15.1 Å². The third-order valence-corrected chi connectivity index (χ3v) is 8.96. The molecule has 0 radical (unpaired) electrons. The first-order valence-corrected chi connectivity index (χ1v) is 16.3. The van der Waals surface area contributed by atoms with E-state index in [0.29, 0.717) is 32.9 Å². The van der Waals surface area contributed by atoms with Crippen molar-refractivity contribution in [1.29, 1.82) is 0 Å².